The summed E-state index contributed by atoms with van der Waals surface area (Å²) in [4.78, 5) is 1.75. The molecule has 1 aliphatic rings. The third-order valence-corrected chi connectivity index (χ3v) is 2.01. The highest BCUT2D eigenvalue weighted by Crippen LogP contribution is 2.20. The largest absolute Gasteiger partial charge is 0.108 e. The Bertz CT molecular complexity index is 265. The van der Waals surface area contributed by atoms with Gasteiger partial charge in [-0.05, 0) is 40.8 Å². The summed E-state index contributed by atoms with van der Waals surface area (Å²) in [5.41, 5.74) is 15.4. The van der Waals surface area contributed by atoms with Gasteiger partial charge in [0.25, 0.3) is 0 Å². The number of hydrogen-bond donors (Lipinski definition) is 1. The van der Waals surface area contributed by atoms with Crippen LogP contribution in [0.3, 0.4) is 0 Å². The second kappa shape index (κ2) is 4.42. The van der Waals surface area contributed by atoms with Crippen molar-refractivity contribution >= 4 is 0 Å². The van der Waals surface area contributed by atoms with E-state index in [0.717, 1.165) is 0 Å². The van der Waals surface area contributed by atoms with Crippen molar-refractivity contribution in [2.75, 3.05) is 0 Å². The van der Waals surface area contributed by atoms with Gasteiger partial charge >= 0.3 is 0 Å². The van der Waals surface area contributed by atoms with Gasteiger partial charge in [-0.1, -0.05) is 24.3 Å². The molecule has 0 atom stereocenters. The van der Waals surface area contributed by atoms with Gasteiger partial charge in [-0.3, -0.25) is 0 Å². The first-order valence-electron chi connectivity index (χ1n) is 3.96. The summed E-state index contributed by atoms with van der Waals surface area (Å²) < 4.78 is 0. The summed E-state index contributed by atoms with van der Waals surface area (Å²) >= 11 is 0. The van der Waals surface area contributed by atoms with Gasteiger partial charge in [-0.2, -0.15) is 0 Å². The minimum Gasteiger partial charge on any atom is -0.108 e. The second-order valence-corrected chi connectivity index (χ2v) is 2.72. The second-order valence-electron chi connectivity index (χ2n) is 2.72. The number of rotatable bonds is 0. The first kappa shape index (κ1) is 8.62. The summed E-state index contributed by atoms with van der Waals surface area (Å²) in [5, 5.41) is 0. The molecular weight excluding hydrogens is 150 g/mol. The van der Waals surface area contributed by atoms with Crippen molar-refractivity contribution in [3.8, 4) is 0 Å². The summed E-state index contributed by atoms with van der Waals surface area (Å²) in [6.45, 7) is 0. The number of aryl methyl sites for hydroxylation is 2. The van der Waals surface area contributed by atoms with Crippen molar-refractivity contribution in [3.63, 3.8) is 0 Å². The smallest absolute Gasteiger partial charge is 0.00208 e. The van der Waals surface area contributed by atoms with Crippen LogP contribution in [0.5, 0.6) is 0 Å². The number of fused-ring (bicyclic) bond motifs is 1. The summed E-state index contributed by atoms with van der Waals surface area (Å²) in [6, 6.07) is 8.74. The molecule has 0 fully saturated rings. The molecule has 0 aromatic heterocycles. The Labute approximate surface area is 71.4 Å². The van der Waals surface area contributed by atoms with Crippen molar-refractivity contribution in [2.24, 2.45) is 0 Å². The maximum Gasteiger partial charge on any atom is -0.00208 e. The lowest BCUT2D eigenvalue weighted by Crippen LogP contribution is -1.77. The Morgan fingerprint density at radius 1 is 1.17 bits per heavy atom. The molecule has 0 heterocycles. The maximum absolute atomic E-state index is 6.86. The van der Waals surface area contributed by atoms with Crippen LogP contribution in [0.25, 0.3) is 10.4 Å². The van der Waals surface area contributed by atoms with Gasteiger partial charge in [0.1, 0.15) is 0 Å². The summed E-state index contributed by atoms with van der Waals surface area (Å²) in [7, 11) is 0. The molecule has 3 nitrogen and oxygen atoms in total. The molecule has 1 aliphatic carbocycles. The fourth-order valence-corrected chi connectivity index (χ4v) is 1.51. The van der Waals surface area contributed by atoms with E-state index in [-0.39, 0.29) is 0 Å². The normalized spacial score (nSPS) is 12.3. The van der Waals surface area contributed by atoms with Gasteiger partial charge in [-0.15, -0.1) is 5.53 Å². The first-order chi connectivity index (χ1) is 5.88. The van der Waals surface area contributed by atoms with Gasteiger partial charge in [0, 0.05) is 0 Å². The first-order valence-corrected chi connectivity index (χ1v) is 3.96. The topological polar surface area (TPSA) is 60.3 Å². The predicted octanol–water partition coefficient (Wildman–Crippen LogP) is 3.05. The average molecular weight is 161 g/mol. The van der Waals surface area contributed by atoms with Crippen LogP contribution in [0, 0.1) is 5.53 Å². The third-order valence-electron chi connectivity index (χ3n) is 2.01. The highest BCUT2D eigenvalue weighted by molar-refractivity contribution is 5.30. The monoisotopic (exact) mass is 161 g/mol. The Kier molecular flexibility index (Phi) is 3.17. The standard InChI is InChI=1S/C9H10.HN3/c1-2-5-9-7-3-6-8(9)4-1;1-3-2/h1-2,4-5H,3,6-7H2;1H. The van der Waals surface area contributed by atoms with Gasteiger partial charge in [0.05, 0.1) is 0 Å². The Hall–Kier alpha value is -1.47. The van der Waals surface area contributed by atoms with E-state index in [1.807, 2.05) is 0 Å². The summed E-state index contributed by atoms with van der Waals surface area (Å²) in [6.07, 6.45) is 3.96. The lowest BCUT2D eigenvalue weighted by Gasteiger charge is -1.93. The molecule has 0 saturated carbocycles. The fourth-order valence-electron chi connectivity index (χ4n) is 1.51. The molecule has 0 radical (unpaired) electrons. The van der Waals surface area contributed by atoms with Crippen molar-refractivity contribution in [3.05, 3.63) is 45.8 Å². The zero-order valence-electron chi connectivity index (χ0n) is 6.83. The van der Waals surface area contributed by atoms with Crippen LogP contribution < -0.4 is 0 Å². The van der Waals surface area contributed by atoms with Crippen molar-refractivity contribution in [2.45, 2.75) is 19.3 Å². The Morgan fingerprint density at radius 3 is 2.00 bits per heavy atom. The van der Waals surface area contributed by atoms with Gasteiger partial charge in [0.15, 0.2) is 0 Å². The number of hydrogen-bond acceptors (Lipinski definition) is 1. The van der Waals surface area contributed by atoms with Crippen LogP contribution in [0.1, 0.15) is 17.5 Å². The maximum atomic E-state index is 6.86. The van der Waals surface area contributed by atoms with E-state index in [0.29, 0.717) is 0 Å². The molecule has 3 heteroatoms. The molecule has 2 rings (SSSR count). The van der Waals surface area contributed by atoms with Crippen molar-refractivity contribution < 1.29 is 0 Å². The minimum absolute atomic E-state index is 1.30. The van der Waals surface area contributed by atoms with E-state index in [1.54, 1.807) is 16.0 Å². The average Bonchev–Trinajstić information content (AvgIpc) is 2.52. The number of nitrogens with zero attached hydrogens (tertiary/aromatic N) is 2. The highest BCUT2D eigenvalue weighted by atomic mass is 15.0. The molecule has 0 saturated heterocycles. The lowest BCUT2D eigenvalue weighted by molar-refractivity contribution is 0.912. The van der Waals surface area contributed by atoms with Crippen LogP contribution >= 0.6 is 0 Å². The SMILES string of the molecule is [N-]=[N+]=N.c1ccc2c(c1)CCC2. The molecular formula is C9H11N3. The molecule has 0 spiro atoms. The zero-order chi connectivity index (χ0) is 8.81. The van der Waals surface area contributed by atoms with Crippen LogP contribution in [-0.2, 0) is 12.8 Å². The highest BCUT2D eigenvalue weighted by Gasteiger charge is 2.07. The van der Waals surface area contributed by atoms with Crippen molar-refractivity contribution in [1.82, 2.24) is 0 Å². The van der Waals surface area contributed by atoms with Crippen molar-refractivity contribution in [1.29, 1.82) is 5.53 Å². The van der Waals surface area contributed by atoms with E-state index in [1.165, 1.54) is 19.3 Å². The number of benzene rings is 1. The van der Waals surface area contributed by atoms with E-state index in [4.69, 9.17) is 11.1 Å². The number of nitrogens with one attached hydrogen (secondary N) is 1. The zero-order valence-corrected chi connectivity index (χ0v) is 6.83. The van der Waals surface area contributed by atoms with E-state index >= 15 is 0 Å². The molecule has 0 amide bonds. The van der Waals surface area contributed by atoms with Gasteiger partial charge in [-0.25, -0.2) is 0 Å². The van der Waals surface area contributed by atoms with Crippen LogP contribution in [-0.4, -0.2) is 0 Å². The molecule has 0 unspecified atom stereocenters. The van der Waals surface area contributed by atoms with E-state index in [2.05, 4.69) is 24.3 Å². The molecule has 1 aromatic carbocycles. The third kappa shape index (κ3) is 2.01. The van der Waals surface area contributed by atoms with Gasteiger partial charge < -0.3 is 0 Å². The van der Waals surface area contributed by atoms with Crippen LogP contribution in [0.4, 0.5) is 0 Å². The summed E-state index contributed by atoms with van der Waals surface area (Å²) in [5.74, 6) is 0. The van der Waals surface area contributed by atoms with Crippen LogP contribution in [0.15, 0.2) is 24.3 Å². The molecule has 1 N–H and O–H groups in total. The predicted molar refractivity (Wildman–Crippen MR) is 47.9 cm³/mol. The lowest BCUT2D eigenvalue weighted by atomic mass is 10.1. The van der Waals surface area contributed by atoms with E-state index < -0.39 is 0 Å². The fraction of sp³-hybridized carbons (Fsp3) is 0.333. The van der Waals surface area contributed by atoms with Crippen LogP contribution in [0.2, 0.25) is 0 Å². The molecule has 12 heavy (non-hydrogen) atoms. The minimum atomic E-state index is 1.30. The van der Waals surface area contributed by atoms with E-state index in [9.17, 15) is 0 Å². The molecule has 1 aromatic rings. The molecule has 62 valence electrons. The molecule has 0 aliphatic heterocycles. The Balaban J connectivity index is 0.000000213. The Morgan fingerprint density at radius 2 is 1.58 bits per heavy atom. The quantitative estimate of drug-likeness (QED) is 0.345. The van der Waals surface area contributed by atoms with Gasteiger partial charge in [0.2, 0.25) is 0 Å². The molecule has 0 bridgehead atoms.